The Morgan fingerprint density at radius 3 is 3.56 bits per heavy atom. The molecule has 0 spiro atoms. The first kappa shape index (κ1) is 3.61. The third-order valence-electron chi connectivity index (χ3n) is 1.17. The Kier molecular flexibility index (Phi) is 0.621. The minimum absolute atomic E-state index is 0.275. The van der Waals surface area contributed by atoms with E-state index in [1.807, 2.05) is 0 Å². The largest absolute Gasteiger partial charge is 0.276 e. The quantitative estimate of drug-likeness (QED) is 0.562. The van der Waals surface area contributed by atoms with Gasteiger partial charge in [-0.25, -0.2) is 0 Å². The van der Waals surface area contributed by atoms with E-state index in [9.17, 15) is 0 Å². The van der Waals surface area contributed by atoms with E-state index in [1.54, 1.807) is 18.5 Å². The van der Waals surface area contributed by atoms with Crippen LogP contribution in [0, 0.1) is 0 Å². The normalized spacial score (nSPS) is 11.8. The number of fused-ring (bicyclic) bond motifs is 1. The average Bonchev–Trinajstić information content (AvgIpc) is 2.34. The number of hydrogen-bond donors (Lipinski definition) is 1. The van der Waals surface area contributed by atoms with E-state index >= 15 is 0 Å². The lowest BCUT2D eigenvalue weighted by atomic mass is 10.3. The second-order valence-corrected chi connectivity index (χ2v) is 1.76. The van der Waals surface area contributed by atoms with Crippen LogP contribution in [0.15, 0.2) is 24.6 Å². The Bertz CT molecular complexity index is 355. The van der Waals surface area contributed by atoms with Gasteiger partial charge in [-0.15, -0.1) is 0 Å². The third-order valence-corrected chi connectivity index (χ3v) is 1.17. The predicted molar refractivity (Wildman–Crippen MR) is 33.9 cm³/mol. The lowest BCUT2D eigenvalue weighted by molar-refractivity contribution is 1.11. The summed E-state index contributed by atoms with van der Waals surface area (Å²) in [6.07, 6.45) is 3.58. The molecule has 1 N–H and O–H groups in total. The fraction of sp³-hybridized carbons (Fsp3) is 0. The summed E-state index contributed by atoms with van der Waals surface area (Å²) in [5.41, 5.74) is 0.813. The average molecular weight is 120 g/mol. The Balaban J connectivity index is 2.93. The molecule has 2 heterocycles. The van der Waals surface area contributed by atoms with Crippen LogP contribution < -0.4 is 0 Å². The molecule has 2 rings (SSSR count). The maximum atomic E-state index is 7.27. The highest BCUT2D eigenvalue weighted by molar-refractivity contribution is 5.76. The highest BCUT2D eigenvalue weighted by atomic mass is 15.1. The lowest BCUT2D eigenvalue weighted by Crippen LogP contribution is -1.69. The summed E-state index contributed by atoms with van der Waals surface area (Å²) in [4.78, 5) is 3.87. The molecule has 0 aliphatic rings. The van der Waals surface area contributed by atoms with Crippen LogP contribution >= 0.6 is 0 Å². The molecule has 0 radical (unpaired) electrons. The Morgan fingerprint density at radius 2 is 2.67 bits per heavy atom. The Hall–Kier alpha value is -1.38. The van der Waals surface area contributed by atoms with Crippen LogP contribution in [-0.2, 0) is 0 Å². The smallest absolute Gasteiger partial charge is 0.0866 e. The zero-order valence-corrected chi connectivity index (χ0v) is 4.63. The lowest BCUT2D eigenvalue weighted by Gasteiger charge is -1.80. The number of pyridine rings is 1. The maximum absolute atomic E-state index is 7.27. The third kappa shape index (κ3) is 0.579. The molecule has 0 atom stereocenters. The van der Waals surface area contributed by atoms with Gasteiger partial charge in [0.1, 0.15) is 0 Å². The van der Waals surface area contributed by atoms with Gasteiger partial charge in [-0.05, 0) is 6.07 Å². The molecule has 9 heavy (non-hydrogen) atoms. The van der Waals surface area contributed by atoms with E-state index in [2.05, 4.69) is 15.2 Å². The Labute approximate surface area is 53.1 Å². The molecule has 0 saturated carbocycles. The van der Waals surface area contributed by atoms with Gasteiger partial charge in [0.05, 0.1) is 19.3 Å². The van der Waals surface area contributed by atoms with E-state index in [0.29, 0.717) is 0 Å². The molecule has 0 bridgehead atoms. The topological polar surface area (TPSA) is 41.6 Å². The molecule has 3 nitrogen and oxygen atoms in total. The van der Waals surface area contributed by atoms with Gasteiger partial charge in [0.15, 0.2) is 0 Å². The summed E-state index contributed by atoms with van der Waals surface area (Å²) < 4.78 is 7.27. The summed E-state index contributed by atoms with van der Waals surface area (Å²) in [6, 6.07) is 1.77. The molecule has 0 fully saturated rings. The number of nitrogens with one attached hydrogen (secondary N) is 1. The van der Waals surface area contributed by atoms with Gasteiger partial charge in [0, 0.05) is 11.6 Å². The minimum atomic E-state index is 0.275. The van der Waals surface area contributed by atoms with Crippen molar-refractivity contribution in [2.75, 3.05) is 0 Å². The molecule has 2 aromatic heterocycles. The predicted octanol–water partition coefficient (Wildman–Crippen LogP) is 0.958. The first-order valence-electron chi connectivity index (χ1n) is 3.12. The summed E-state index contributed by atoms with van der Waals surface area (Å²) >= 11 is 0. The van der Waals surface area contributed by atoms with Gasteiger partial charge in [0.25, 0.3) is 0 Å². The van der Waals surface area contributed by atoms with Crippen LogP contribution in [0.25, 0.3) is 10.9 Å². The molecule has 0 amide bonds. The second kappa shape index (κ2) is 1.55. The van der Waals surface area contributed by atoms with Crippen molar-refractivity contribution in [3.8, 4) is 0 Å². The number of H-pyrrole nitrogens is 1. The molecule has 0 aliphatic heterocycles. The van der Waals surface area contributed by atoms with Crippen molar-refractivity contribution in [1.29, 1.82) is 0 Å². The van der Waals surface area contributed by atoms with Gasteiger partial charge < -0.3 is 0 Å². The zero-order valence-electron chi connectivity index (χ0n) is 5.63. The number of rotatable bonds is 0. The molecule has 0 saturated heterocycles. The summed E-state index contributed by atoms with van der Waals surface area (Å²) in [7, 11) is 0. The molecule has 44 valence electrons. The summed E-state index contributed by atoms with van der Waals surface area (Å²) in [6.45, 7) is 0. The standard InChI is InChI=1S/C6H5N3/c1-2-7-4-6-5(1)3-8-9-6/h1-4H,(H,8,9)/i3D. The van der Waals surface area contributed by atoms with Crippen molar-refractivity contribution in [3.05, 3.63) is 24.6 Å². The SMILES string of the molecule is [2H]c1n[nH]c2cnccc12. The van der Waals surface area contributed by atoms with Gasteiger partial charge in [0.2, 0.25) is 0 Å². The Morgan fingerprint density at radius 1 is 1.67 bits per heavy atom. The van der Waals surface area contributed by atoms with E-state index in [4.69, 9.17) is 1.37 Å². The second-order valence-electron chi connectivity index (χ2n) is 1.76. The molecular weight excluding hydrogens is 114 g/mol. The van der Waals surface area contributed by atoms with Crippen LogP contribution in [0.2, 0.25) is 0 Å². The fourth-order valence-corrected chi connectivity index (χ4v) is 0.729. The first-order valence-corrected chi connectivity index (χ1v) is 2.62. The highest BCUT2D eigenvalue weighted by Crippen LogP contribution is 2.04. The van der Waals surface area contributed by atoms with Crippen molar-refractivity contribution in [1.82, 2.24) is 15.2 Å². The van der Waals surface area contributed by atoms with E-state index in [1.165, 1.54) is 0 Å². The van der Waals surface area contributed by atoms with E-state index < -0.39 is 0 Å². The number of aromatic amines is 1. The molecule has 2 aromatic rings. The van der Waals surface area contributed by atoms with Crippen molar-refractivity contribution < 1.29 is 1.37 Å². The van der Waals surface area contributed by atoms with Crippen LogP contribution in [0.1, 0.15) is 1.37 Å². The van der Waals surface area contributed by atoms with Crippen molar-refractivity contribution in [2.45, 2.75) is 0 Å². The minimum Gasteiger partial charge on any atom is -0.276 e. The fourth-order valence-electron chi connectivity index (χ4n) is 0.729. The maximum Gasteiger partial charge on any atom is 0.0866 e. The van der Waals surface area contributed by atoms with Crippen LogP contribution in [0.4, 0.5) is 0 Å². The van der Waals surface area contributed by atoms with Crippen molar-refractivity contribution >= 4 is 10.9 Å². The number of nitrogens with zero attached hydrogens (tertiary/aromatic N) is 2. The van der Waals surface area contributed by atoms with Crippen LogP contribution in [0.3, 0.4) is 0 Å². The van der Waals surface area contributed by atoms with Gasteiger partial charge in [-0.3, -0.25) is 10.1 Å². The molecule has 0 aromatic carbocycles. The molecule has 0 aliphatic carbocycles. The summed E-state index contributed by atoms with van der Waals surface area (Å²) in [5, 5.41) is 7.20. The van der Waals surface area contributed by atoms with Crippen LogP contribution in [-0.4, -0.2) is 15.2 Å². The first-order chi connectivity index (χ1) is 4.88. The van der Waals surface area contributed by atoms with Crippen LogP contribution in [0.5, 0.6) is 0 Å². The van der Waals surface area contributed by atoms with Crippen molar-refractivity contribution in [2.24, 2.45) is 0 Å². The highest BCUT2D eigenvalue weighted by Gasteiger charge is 1.89. The monoisotopic (exact) mass is 120 g/mol. The zero-order chi connectivity index (χ0) is 6.97. The molecule has 3 heteroatoms. The van der Waals surface area contributed by atoms with E-state index in [-0.39, 0.29) is 6.17 Å². The van der Waals surface area contributed by atoms with Gasteiger partial charge >= 0.3 is 0 Å². The number of aromatic nitrogens is 3. The van der Waals surface area contributed by atoms with Gasteiger partial charge in [-0.1, -0.05) is 0 Å². The van der Waals surface area contributed by atoms with Crippen molar-refractivity contribution in [3.63, 3.8) is 0 Å². The molecular formula is C6H5N3. The van der Waals surface area contributed by atoms with E-state index in [0.717, 1.165) is 10.9 Å². The number of hydrogen-bond acceptors (Lipinski definition) is 2. The summed E-state index contributed by atoms with van der Waals surface area (Å²) in [5.74, 6) is 0. The van der Waals surface area contributed by atoms with Gasteiger partial charge in [-0.2, -0.15) is 5.10 Å². The molecule has 0 unspecified atom stereocenters.